The number of hydrogen-bond donors (Lipinski definition) is 2. The van der Waals surface area contributed by atoms with Crippen molar-refractivity contribution in [2.24, 2.45) is 0 Å². The molecule has 168 valence electrons. The van der Waals surface area contributed by atoms with Gasteiger partial charge in [0.05, 0.1) is 0 Å². The Labute approximate surface area is 194 Å². The molecule has 0 spiro atoms. The molecule has 1 saturated heterocycles. The Morgan fingerprint density at radius 3 is 2.62 bits per heavy atom. The highest BCUT2D eigenvalue weighted by molar-refractivity contribution is 7.71. The average Bonchev–Trinajstić information content (AvgIpc) is 3.14. The number of likely N-dealkylation sites (N-methyl/N-ethyl adjacent to an activating group) is 1. The molecule has 0 aliphatic carbocycles. The predicted molar refractivity (Wildman–Crippen MR) is 129 cm³/mol. The molecule has 0 unspecified atom stereocenters. The lowest BCUT2D eigenvalue weighted by molar-refractivity contribution is -0.121. The Morgan fingerprint density at radius 2 is 1.84 bits per heavy atom. The number of carbonyl (C=O) groups excluding carboxylic acids is 1. The van der Waals surface area contributed by atoms with E-state index in [1.165, 1.54) is 5.56 Å². The Morgan fingerprint density at radius 1 is 1.09 bits per heavy atom. The van der Waals surface area contributed by atoms with Crippen molar-refractivity contribution in [3.05, 3.63) is 70.0 Å². The zero-order valence-electron chi connectivity index (χ0n) is 18.7. The van der Waals surface area contributed by atoms with Crippen molar-refractivity contribution in [2.45, 2.75) is 26.6 Å². The van der Waals surface area contributed by atoms with Crippen LogP contribution in [-0.2, 0) is 24.4 Å². The molecular weight excluding hydrogens is 420 g/mol. The van der Waals surface area contributed by atoms with Crippen LogP contribution in [0.2, 0.25) is 0 Å². The van der Waals surface area contributed by atoms with E-state index in [9.17, 15) is 4.79 Å². The summed E-state index contributed by atoms with van der Waals surface area (Å²) in [5.41, 5.74) is 4.44. The molecule has 0 saturated carbocycles. The summed E-state index contributed by atoms with van der Waals surface area (Å²) < 4.78 is 2.18. The molecule has 2 N–H and O–H groups in total. The Bertz CT molecular complexity index is 1130. The first-order valence-corrected chi connectivity index (χ1v) is 11.4. The second kappa shape index (κ2) is 10.2. The highest BCUT2D eigenvalue weighted by Crippen LogP contribution is 2.18. The van der Waals surface area contributed by atoms with Crippen LogP contribution in [0.15, 0.2) is 48.5 Å². The topological polar surface area (TPSA) is 69.2 Å². The van der Waals surface area contributed by atoms with Crippen molar-refractivity contribution < 1.29 is 4.79 Å². The van der Waals surface area contributed by atoms with Gasteiger partial charge in [0.25, 0.3) is 0 Å². The Kier molecular flexibility index (Phi) is 7.14. The zero-order valence-corrected chi connectivity index (χ0v) is 19.5. The second-order valence-corrected chi connectivity index (χ2v) is 8.87. The summed E-state index contributed by atoms with van der Waals surface area (Å²) in [6.07, 6.45) is 0. The summed E-state index contributed by atoms with van der Waals surface area (Å²) in [6.45, 7) is 7.98. The molecule has 3 aromatic rings. The van der Waals surface area contributed by atoms with E-state index in [0.717, 1.165) is 49.4 Å². The van der Waals surface area contributed by atoms with Crippen LogP contribution in [0.4, 0.5) is 0 Å². The van der Waals surface area contributed by atoms with Gasteiger partial charge in [0.1, 0.15) is 6.54 Å². The average molecular weight is 451 g/mol. The van der Waals surface area contributed by atoms with Crippen molar-refractivity contribution in [1.82, 2.24) is 29.9 Å². The lowest BCUT2D eigenvalue weighted by atomic mass is 10.1. The minimum atomic E-state index is -0.0964. The van der Waals surface area contributed by atoms with E-state index < -0.39 is 0 Å². The maximum Gasteiger partial charge on any atom is 0.240 e. The van der Waals surface area contributed by atoms with Gasteiger partial charge >= 0.3 is 0 Å². The van der Waals surface area contributed by atoms with Gasteiger partial charge in [-0.15, -0.1) is 0 Å². The number of aromatic nitrogens is 3. The van der Waals surface area contributed by atoms with E-state index in [-0.39, 0.29) is 12.5 Å². The van der Waals surface area contributed by atoms with Crippen molar-refractivity contribution in [1.29, 1.82) is 0 Å². The number of amides is 1. The third-order valence-corrected chi connectivity index (χ3v) is 6.13. The largest absolute Gasteiger partial charge is 0.350 e. The molecular formula is C24H30N6OS. The van der Waals surface area contributed by atoms with E-state index in [0.29, 0.717) is 17.1 Å². The van der Waals surface area contributed by atoms with Crippen LogP contribution in [0.1, 0.15) is 16.7 Å². The minimum absolute atomic E-state index is 0.0964. The fourth-order valence-corrected chi connectivity index (χ4v) is 4.17. The summed E-state index contributed by atoms with van der Waals surface area (Å²) in [6, 6.07) is 16.5. The monoisotopic (exact) mass is 450 g/mol. The molecule has 1 aromatic heterocycles. The number of aromatic amines is 1. The number of aryl methyl sites for hydroxylation is 1. The van der Waals surface area contributed by atoms with Crippen molar-refractivity contribution in [2.75, 3.05) is 33.2 Å². The molecule has 0 bridgehead atoms. The number of rotatable bonds is 7. The molecule has 1 amide bonds. The minimum Gasteiger partial charge on any atom is -0.350 e. The normalized spacial score (nSPS) is 15.1. The van der Waals surface area contributed by atoms with Gasteiger partial charge in [-0.2, -0.15) is 5.10 Å². The van der Waals surface area contributed by atoms with E-state index in [1.807, 2.05) is 31.2 Å². The van der Waals surface area contributed by atoms with Crippen LogP contribution in [0.3, 0.4) is 0 Å². The number of hydrogen-bond acceptors (Lipinski definition) is 5. The highest BCUT2D eigenvalue weighted by Gasteiger charge is 2.15. The van der Waals surface area contributed by atoms with Crippen molar-refractivity contribution in [3.8, 4) is 11.4 Å². The summed E-state index contributed by atoms with van der Waals surface area (Å²) in [4.78, 5) is 17.5. The molecule has 1 aliphatic rings. The number of benzene rings is 2. The van der Waals surface area contributed by atoms with E-state index >= 15 is 0 Å². The molecule has 0 atom stereocenters. The standard InChI is InChI=1S/C24H30N6OS/c1-18-5-3-8-21(13-18)23-26-27-24(32)30(23)17-22(31)25-15-19-6-4-7-20(14-19)16-29-11-9-28(2)10-12-29/h3-8,13-14H,9-12,15-17H2,1-2H3,(H,25,31)(H,27,32). The lowest BCUT2D eigenvalue weighted by Crippen LogP contribution is -2.43. The SMILES string of the molecule is Cc1cccc(-c2n[nH]c(=S)n2CC(=O)NCc2cccc(CN3CCN(C)CC3)c2)c1. The van der Waals surface area contributed by atoms with Gasteiger partial charge in [-0.05, 0) is 43.4 Å². The van der Waals surface area contributed by atoms with Gasteiger partial charge in [0, 0.05) is 44.8 Å². The fourth-order valence-electron chi connectivity index (χ4n) is 3.97. The number of H-pyrrole nitrogens is 1. The molecule has 1 aliphatic heterocycles. The van der Waals surface area contributed by atoms with Crippen molar-refractivity contribution in [3.63, 3.8) is 0 Å². The maximum atomic E-state index is 12.7. The number of carbonyl (C=O) groups is 1. The molecule has 2 heterocycles. The summed E-state index contributed by atoms with van der Waals surface area (Å²) in [5.74, 6) is 0.573. The quantitative estimate of drug-likeness (QED) is 0.542. The smallest absolute Gasteiger partial charge is 0.240 e. The maximum absolute atomic E-state index is 12.7. The van der Waals surface area contributed by atoms with Gasteiger partial charge in [0.2, 0.25) is 5.91 Å². The Hall–Kier alpha value is -2.81. The molecule has 2 aromatic carbocycles. The zero-order chi connectivity index (χ0) is 22.5. The Balaban J connectivity index is 1.36. The van der Waals surface area contributed by atoms with Crippen molar-refractivity contribution >= 4 is 18.1 Å². The first-order chi connectivity index (χ1) is 15.5. The van der Waals surface area contributed by atoms with Crippen LogP contribution in [0.5, 0.6) is 0 Å². The summed E-state index contributed by atoms with van der Waals surface area (Å²) in [5, 5.41) is 10.2. The number of piperazine rings is 1. The highest BCUT2D eigenvalue weighted by atomic mass is 32.1. The number of nitrogens with zero attached hydrogens (tertiary/aromatic N) is 4. The van der Waals surface area contributed by atoms with Gasteiger partial charge < -0.3 is 10.2 Å². The summed E-state index contributed by atoms with van der Waals surface area (Å²) >= 11 is 5.36. The second-order valence-electron chi connectivity index (χ2n) is 8.48. The van der Waals surface area contributed by atoms with Crippen LogP contribution >= 0.6 is 12.2 Å². The molecule has 0 radical (unpaired) electrons. The van der Waals surface area contributed by atoms with Gasteiger partial charge in [-0.25, -0.2) is 0 Å². The van der Waals surface area contributed by atoms with E-state index in [1.54, 1.807) is 4.57 Å². The summed E-state index contributed by atoms with van der Waals surface area (Å²) in [7, 11) is 2.17. The third-order valence-electron chi connectivity index (χ3n) is 5.82. The van der Waals surface area contributed by atoms with Crippen LogP contribution in [-0.4, -0.2) is 63.7 Å². The molecule has 32 heavy (non-hydrogen) atoms. The van der Waals surface area contributed by atoms with Crippen LogP contribution < -0.4 is 5.32 Å². The van der Waals surface area contributed by atoms with Gasteiger partial charge in [-0.3, -0.25) is 19.4 Å². The first kappa shape index (κ1) is 22.4. The molecule has 7 nitrogen and oxygen atoms in total. The molecule has 8 heteroatoms. The van der Waals surface area contributed by atoms with Gasteiger partial charge in [-0.1, -0.05) is 48.0 Å². The number of nitrogens with one attached hydrogen (secondary N) is 2. The predicted octanol–water partition coefficient (Wildman–Crippen LogP) is 2.98. The van der Waals surface area contributed by atoms with E-state index in [4.69, 9.17) is 12.2 Å². The van der Waals surface area contributed by atoms with E-state index in [2.05, 4.69) is 56.6 Å². The van der Waals surface area contributed by atoms with Gasteiger partial charge in [0.15, 0.2) is 10.6 Å². The first-order valence-electron chi connectivity index (χ1n) is 11.0. The van der Waals surface area contributed by atoms with Crippen LogP contribution in [0.25, 0.3) is 11.4 Å². The fraction of sp³-hybridized carbons (Fsp3) is 0.375. The lowest BCUT2D eigenvalue weighted by Gasteiger charge is -2.32. The third kappa shape index (κ3) is 5.70. The van der Waals surface area contributed by atoms with Crippen LogP contribution in [0, 0.1) is 11.7 Å². The molecule has 1 fully saturated rings. The molecule has 4 rings (SSSR count).